The maximum absolute atomic E-state index is 13.4. The topological polar surface area (TPSA) is 76.1 Å². The predicted molar refractivity (Wildman–Crippen MR) is 145 cm³/mol. The smallest absolute Gasteiger partial charge is 0.300 e. The molecule has 6 nitrogen and oxygen atoms in total. The molecule has 0 saturated carbocycles. The van der Waals surface area contributed by atoms with Crippen molar-refractivity contribution in [3.05, 3.63) is 95.1 Å². The lowest BCUT2D eigenvalue weighted by Gasteiger charge is -2.27. The molecule has 3 aromatic carbocycles. The van der Waals surface area contributed by atoms with Crippen molar-refractivity contribution in [3.63, 3.8) is 0 Å². The number of Topliss-reactive ketones (excluding diaryl/α,β-unsaturated/α-hetero) is 1. The minimum Gasteiger partial charge on any atom is -0.507 e. The number of hydrogen-bond donors (Lipinski definition) is 1. The van der Waals surface area contributed by atoms with Gasteiger partial charge >= 0.3 is 0 Å². The number of methoxy groups -OCH3 is 1. The third-order valence-electron chi connectivity index (χ3n) is 6.39. The lowest BCUT2D eigenvalue weighted by Crippen LogP contribution is -2.29. The Morgan fingerprint density at radius 3 is 1.95 bits per heavy atom. The molecule has 0 radical (unpaired) electrons. The van der Waals surface area contributed by atoms with Crippen LogP contribution in [0, 0.1) is 0 Å². The van der Waals surface area contributed by atoms with E-state index < -0.39 is 17.7 Å². The fraction of sp³-hybridized carbons (Fsp3) is 0.290. The molecule has 1 heterocycles. The van der Waals surface area contributed by atoms with Crippen LogP contribution in [0.5, 0.6) is 11.5 Å². The Morgan fingerprint density at radius 1 is 0.865 bits per heavy atom. The van der Waals surface area contributed by atoms with Crippen molar-refractivity contribution in [3.8, 4) is 11.5 Å². The van der Waals surface area contributed by atoms with Crippen LogP contribution in [0.25, 0.3) is 5.76 Å². The van der Waals surface area contributed by atoms with Crippen LogP contribution in [0.4, 0.5) is 5.69 Å². The number of carbonyl (C=O) groups excluding carboxylic acids is 2. The summed E-state index contributed by atoms with van der Waals surface area (Å²) in [5.74, 6) is -0.374. The second kappa shape index (κ2) is 10.1. The van der Waals surface area contributed by atoms with Crippen LogP contribution in [0.2, 0.25) is 0 Å². The average Bonchev–Trinajstić information content (AvgIpc) is 3.13. The maximum atomic E-state index is 13.4. The molecule has 1 unspecified atom stereocenters. The first-order chi connectivity index (χ1) is 17.5. The van der Waals surface area contributed by atoms with Gasteiger partial charge in [-0.05, 0) is 78.9 Å². The van der Waals surface area contributed by atoms with Crippen molar-refractivity contribution in [1.82, 2.24) is 0 Å². The van der Waals surface area contributed by atoms with Gasteiger partial charge in [-0.2, -0.15) is 0 Å². The fourth-order valence-corrected chi connectivity index (χ4v) is 4.44. The summed E-state index contributed by atoms with van der Waals surface area (Å²) in [6.07, 6.45) is 0.00547. The molecular weight excluding hydrogens is 466 g/mol. The molecule has 37 heavy (non-hydrogen) atoms. The van der Waals surface area contributed by atoms with E-state index in [1.165, 1.54) is 4.90 Å². The molecule has 1 N–H and O–H groups in total. The number of anilines is 1. The number of carbonyl (C=O) groups is 2. The van der Waals surface area contributed by atoms with Gasteiger partial charge in [-0.25, -0.2) is 0 Å². The van der Waals surface area contributed by atoms with E-state index in [1.807, 2.05) is 38.1 Å². The van der Waals surface area contributed by atoms with E-state index in [1.54, 1.807) is 55.6 Å². The van der Waals surface area contributed by atoms with Gasteiger partial charge in [0, 0.05) is 11.3 Å². The van der Waals surface area contributed by atoms with Crippen LogP contribution < -0.4 is 14.4 Å². The van der Waals surface area contributed by atoms with Crippen molar-refractivity contribution in [2.45, 2.75) is 52.2 Å². The number of benzene rings is 3. The third-order valence-corrected chi connectivity index (χ3v) is 6.39. The van der Waals surface area contributed by atoms with Crippen molar-refractivity contribution in [2.24, 2.45) is 0 Å². The molecule has 1 saturated heterocycles. The quantitative estimate of drug-likeness (QED) is 0.241. The molecule has 1 aliphatic heterocycles. The second-order valence-corrected chi connectivity index (χ2v) is 10.4. The van der Waals surface area contributed by atoms with Gasteiger partial charge in [-0.3, -0.25) is 14.5 Å². The Kier molecular flexibility index (Phi) is 7.12. The fourth-order valence-electron chi connectivity index (χ4n) is 4.44. The molecule has 0 bridgehead atoms. The zero-order valence-electron chi connectivity index (χ0n) is 22.1. The molecule has 1 amide bonds. The average molecular weight is 500 g/mol. The predicted octanol–water partition coefficient (Wildman–Crippen LogP) is 6.41. The number of ketones is 1. The summed E-state index contributed by atoms with van der Waals surface area (Å²) in [5.41, 5.74) is 2.80. The number of hydrogen-bond acceptors (Lipinski definition) is 5. The maximum Gasteiger partial charge on any atom is 0.300 e. The van der Waals surface area contributed by atoms with E-state index >= 15 is 0 Å². The van der Waals surface area contributed by atoms with Crippen LogP contribution >= 0.6 is 0 Å². The van der Waals surface area contributed by atoms with Gasteiger partial charge in [0.05, 0.1) is 24.8 Å². The van der Waals surface area contributed by atoms with Crippen molar-refractivity contribution in [2.75, 3.05) is 12.0 Å². The normalized spacial score (nSPS) is 17.4. The minimum absolute atomic E-state index is 0.00547. The first-order valence-electron chi connectivity index (χ1n) is 12.3. The largest absolute Gasteiger partial charge is 0.507 e. The summed E-state index contributed by atoms with van der Waals surface area (Å²) in [4.78, 5) is 28.2. The molecule has 1 fully saturated rings. The van der Waals surface area contributed by atoms with E-state index in [2.05, 4.69) is 20.8 Å². The molecule has 0 spiro atoms. The summed E-state index contributed by atoms with van der Waals surface area (Å²) in [7, 11) is 1.55. The summed E-state index contributed by atoms with van der Waals surface area (Å²) in [6, 6.07) is 20.8. The van der Waals surface area contributed by atoms with Crippen LogP contribution in [-0.4, -0.2) is 30.0 Å². The lowest BCUT2D eigenvalue weighted by molar-refractivity contribution is -0.132. The number of amides is 1. The van der Waals surface area contributed by atoms with Gasteiger partial charge in [0.1, 0.15) is 17.3 Å². The molecular formula is C31H33NO5. The van der Waals surface area contributed by atoms with E-state index in [4.69, 9.17) is 9.47 Å². The summed E-state index contributed by atoms with van der Waals surface area (Å²) < 4.78 is 11.0. The summed E-state index contributed by atoms with van der Waals surface area (Å²) in [6.45, 7) is 10.2. The Hall–Kier alpha value is -4.06. The van der Waals surface area contributed by atoms with Crippen LogP contribution in [0.3, 0.4) is 0 Å². The monoisotopic (exact) mass is 499 g/mol. The van der Waals surface area contributed by atoms with Gasteiger partial charge in [0.2, 0.25) is 0 Å². The molecule has 6 heteroatoms. The highest BCUT2D eigenvalue weighted by Crippen LogP contribution is 2.43. The van der Waals surface area contributed by atoms with Gasteiger partial charge in [0.25, 0.3) is 11.7 Å². The SMILES string of the molecule is COc1ccc(/C(O)=C2/C(=O)C(=O)N(c3ccc(OC(C)C)cc3)C2c2ccc(C(C)(C)C)cc2)cc1. The Balaban J connectivity index is 1.86. The van der Waals surface area contributed by atoms with Gasteiger partial charge < -0.3 is 14.6 Å². The van der Waals surface area contributed by atoms with Crippen molar-refractivity contribution >= 4 is 23.1 Å². The Morgan fingerprint density at radius 2 is 1.43 bits per heavy atom. The molecule has 1 aliphatic rings. The number of rotatable bonds is 6. The highest BCUT2D eigenvalue weighted by molar-refractivity contribution is 6.51. The number of aliphatic hydroxyl groups is 1. The van der Waals surface area contributed by atoms with E-state index in [9.17, 15) is 14.7 Å². The second-order valence-electron chi connectivity index (χ2n) is 10.4. The van der Waals surface area contributed by atoms with Gasteiger partial charge in [-0.15, -0.1) is 0 Å². The van der Waals surface area contributed by atoms with E-state index in [-0.39, 0.29) is 22.9 Å². The molecule has 192 valence electrons. The first kappa shape index (κ1) is 26.0. The first-order valence-corrected chi connectivity index (χ1v) is 12.3. The summed E-state index contributed by atoms with van der Waals surface area (Å²) >= 11 is 0. The highest BCUT2D eigenvalue weighted by Gasteiger charge is 2.47. The van der Waals surface area contributed by atoms with Crippen LogP contribution in [0.1, 0.15) is 57.4 Å². The summed E-state index contributed by atoms with van der Waals surface area (Å²) in [5, 5.41) is 11.3. The van der Waals surface area contributed by atoms with E-state index in [0.29, 0.717) is 22.7 Å². The van der Waals surface area contributed by atoms with Gasteiger partial charge in [0.15, 0.2) is 0 Å². The standard InChI is InChI=1S/C31H33NO5/c1-19(2)37-25-17-13-23(14-18-25)32-27(20-7-11-22(12-8-20)31(3,4)5)26(29(34)30(32)35)28(33)21-9-15-24(36-6)16-10-21/h7-19,27,33H,1-6H3/b28-26-. The van der Waals surface area contributed by atoms with Gasteiger partial charge in [-0.1, -0.05) is 45.0 Å². The molecule has 3 aromatic rings. The number of aliphatic hydroxyl groups excluding tert-OH is 1. The lowest BCUT2D eigenvalue weighted by atomic mass is 9.85. The van der Waals surface area contributed by atoms with Crippen LogP contribution in [-0.2, 0) is 15.0 Å². The molecule has 0 aromatic heterocycles. The Bertz CT molecular complexity index is 1310. The van der Waals surface area contributed by atoms with Crippen molar-refractivity contribution in [1.29, 1.82) is 0 Å². The van der Waals surface area contributed by atoms with E-state index in [0.717, 1.165) is 11.1 Å². The molecule has 4 rings (SSSR count). The van der Waals surface area contributed by atoms with Crippen LogP contribution in [0.15, 0.2) is 78.4 Å². The third kappa shape index (κ3) is 5.24. The Labute approximate surface area is 218 Å². The number of ether oxygens (including phenoxy) is 2. The zero-order chi connectivity index (χ0) is 26.9. The number of nitrogens with zero attached hydrogens (tertiary/aromatic N) is 1. The minimum atomic E-state index is -0.798. The highest BCUT2D eigenvalue weighted by atomic mass is 16.5. The molecule has 1 atom stereocenters. The molecule has 0 aliphatic carbocycles. The zero-order valence-corrected chi connectivity index (χ0v) is 22.1. The van der Waals surface area contributed by atoms with Crippen molar-refractivity contribution < 1.29 is 24.2 Å².